The maximum atomic E-state index is 5.87. The molecule has 1 N–H and O–H groups in total. The molecule has 1 heterocycles. The molecule has 0 aliphatic carbocycles. The van der Waals surface area contributed by atoms with Gasteiger partial charge in [0.25, 0.3) is 0 Å². The van der Waals surface area contributed by atoms with Gasteiger partial charge in [0.1, 0.15) is 5.76 Å². The van der Waals surface area contributed by atoms with Crippen LogP contribution in [0.5, 0.6) is 0 Å². The zero-order chi connectivity index (χ0) is 14.4. The summed E-state index contributed by atoms with van der Waals surface area (Å²) in [5.74, 6) is 0.835. The summed E-state index contributed by atoms with van der Waals surface area (Å²) in [6, 6.07) is 12.2. The molecular weight excluding hydrogens is 274 g/mol. The number of methoxy groups -OCH3 is 1. The quantitative estimate of drug-likeness (QED) is 0.843. The minimum absolute atomic E-state index is 0.0315. The summed E-state index contributed by atoms with van der Waals surface area (Å²) in [5.41, 5.74) is 2.43. The van der Waals surface area contributed by atoms with Gasteiger partial charge in [-0.2, -0.15) is 0 Å². The zero-order valence-corrected chi connectivity index (χ0v) is 12.6. The van der Waals surface area contributed by atoms with E-state index in [0.717, 1.165) is 25.3 Å². The Labute approximate surface area is 124 Å². The lowest BCUT2D eigenvalue weighted by atomic mass is 10.0. The third-order valence-electron chi connectivity index (χ3n) is 3.19. The SMILES string of the molecule is CCNC(c1ccc(CCOC)cc1)c1ccc(Cl)o1. The van der Waals surface area contributed by atoms with Crippen LogP contribution in [-0.2, 0) is 11.2 Å². The maximum Gasteiger partial charge on any atom is 0.193 e. The zero-order valence-electron chi connectivity index (χ0n) is 11.9. The van der Waals surface area contributed by atoms with Gasteiger partial charge in [0.15, 0.2) is 5.22 Å². The molecule has 1 aromatic heterocycles. The van der Waals surface area contributed by atoms with Gasteiger partial charge in [-0.25, -0.2) is 0 Å². The summed E-state index contributed by atoms with van der Waals surface area (Å²) >= 11 is 5.87. The van der Waals surface area contributed by atoms with Crippen molar-refractivity contribution in [2.75, 3.05) is 20.3 Å². The lowest BCUT2D eigenvalue weighted by molar-refractivity contribution is 0.202. The second kappa shape index (κ2) is 7.48. The Bertz CT molecular complexity index is 522. The van der Waals surface area contributed by atoms with E-state index in [9.17, 15) is 0 Å². The average Bonchev–Trinajstić information content (AvgIpc) is 2.89. The van der Waals surface area contributed by atoms with Crippen molar-refractivity contribution in [3.63, 3.8) is 0 Å². The summed E-state index contributed by atoms with van der Waals surface area (Å²) in [6.45, 7) is 3.67. The number of ether oxygens (including phenoxy) is 1. The van der Waals surface area contributed by atoms with Crippen LogP contribution in [0, 0.1) is 0 Å². The number of benzene rings is 1. The van der Waals surface area contributed by atoms with Crippen LogP contribution in [0.25, 0.3) is 0 Å². The van der Waals surface area contributed by atoms with Crippen molar-refractivity contribution in [1.29, 1.82) is 0 Å². The number of halogens is 1. The molecule has 0 radical (unpaired) electrons. The van der Waals surface area contributed by atoms with Crippen LogP contribution in [0.15, 0.2) is 40.8 Å². The van der Waals surface area contributed by atoms with Crippen LogP contribution in [0.4, 0.5) is 0 Å². The minimum Gasteiger partial charge on any atom is -0.448 e. The van der Waals surface area contributed by atoms with Crippen molar-refractivity contribution in [1.82, 2.24) is 5.32 Å². The van der Waals surface area contributed by atoms with E-state index in [4.69, 9.17) is 20.8 Å². The number of nitrogens with one attached hydrogen (secondary N) is 1. The Balaban J connectivity index is 2.17. The predicted molar refractivity (Wildman–Crippen MR) is 81.3 cm³/mol. The van der Waals surface area contributed by atoms with Gasteiger partial charge in [0, 0.05) is 7.11 Å². The van der Waals surface area contributed by atoms with E-state index in [1.807, 2.05) is 6.07 Å². The summed E-state index contributed by atoms with van der Waals surface area (Å²) in [6.07, 6.45) is 0.926. The van der Waals surface area contributed by atoms with E-state index in [1.165, 1.54) is 11.1 Å². The molecule has 0 amide bonds. The first kappa shape index (κ1) is 15.1. The summed E-state index contributed by atoms with van der Waals surface area (Å²) in [5, 5.41) is 3.83. The van der Waals surface area contributed by atoms with Gasteiger partial charge in [-0.3, -0.25) is 0 Å². The first-order valence-corrected chi connectivity index (χ1v) is 7.18. The normalized spacial score (nSPS) is 12.6. The van der Waals surface area contributed by atoms with Gasteiger partial charge >= 0.3 is 0 Å². The molecule has 2 rings (SSSR count). The molecule has 108 valence electrons. The standard InChI is InChI=1S/C16H20ClNO2/c1-3-18-16(14-8-9-15(17)20-14)13-6-4-12(5-7-13)10-11-19-2/h4-9,16,18H,3,10-11H2,1-2H3. The number of furan rings is 1. The average molecular weight is 294 g/mol. The Kier molecular flexibility index (Phi) is 5.65. The maximum absolute atomic E-state index is 5.87. The molecule has 2 aromatic rings. The van der Waals surface area contributed by atoms with Crippen LogP contribution in [-0.4, -0.2) is 20.3 Å². The molecule has 1 atom stereocenters. The Morgan fingerprint density at radius 3 is 2.50 bits per heavy atom. The van der Waals surface area contributed by atoms with Gasteiger partial charge in [-0.05, 0) is 47.8 Å². The van der Waals surface area contributed by atoms with E-state index in [0.29, 0.717) is 5.22 Å². The van der Waals surface area contributed by atoms with E-state index in [2.05, 4.69) is 36.5 Å². The first-order chi connectivity index (χ1) is 9.74. The summed E-state index contributed by atoms with van der Waals surface area (Å²) < 4.78 is 10.6. The smallest absolute Gasteiger partial charge is 0.193 e. The van der Waals surface area contributed by atoms with E-state index in [1.54, 1.807) is 13.2 Å². The lowest BCUT2D eigenvalue weighted by Crippen LogP contribution is -2.21. The fourth-order valence-corrected chi connectivity index (χ4v) is 2.32. The van der Waals surface area contributed by atoms with Crippen LogP contribution in [0.3, 0.4) is 0 Å². The second-order valence-corrected chi connectivity index (χ2v) is 4.99. The van der Waals surface area contributed by atoms with Gasteiger partial charge in [-0.15, -0.1) is 0 Å². The molecule has 0 bridgehead atoms. The molecule has 0 saturated heterocycles. The molecule has 4 heteroatoms. The molecule has 0 aliphatic rings. The Hall–Kier alpha value is -1.29. The van der Waals surface area contributed by atoms with Crippen LogP contribution >= 0.6 is 11.6 Å². The highest BCUT2D eigenvalue weighted by Gasteiger charge is 2.16. The second-order valence-electron chi connectivity index (χ2n) is 4.62. The highest BCUT2D eigenvalue weighted by atomic mass is 35.5. The molecule has 3 nitrogen and oxygen atoms in total. The summed E-state index contributed by atoms with van der Waals surface area (Å²) in [7, 11) is 1.72. The molecule has 20 heavy (non-hydrogen) atoms. The van der Waals surface area contributed by atoms with Crippen LogP contribution < -0.4 is 5.32 Å². The van der Waals surface area contributed by atoms with Crippen LogP contribution in [0.1, 0.15) is 29.9 Å². The van der Waals surface area contributed by atoms with Crippen molar-refractivity contribution >= 4 is 11.6 Å². The lowest BCUT2D eigenvalue weighted by Gasteiger charge is -2.16. The highest BCUT2D eigenvalue weighted by molar-refractivity contribution is 6.28. The van der Waals surface area contributed by atoms with Crippen molar-refractivity contribution in [3.05, 3.63) is 58.5 Å². The monoisotopic (exact) mass is 293 g/mol. The fourth-order valence-electron chi connectivity index (χ4n) is 2.17. The molecule has 0 saturated carbocycles. The predicted octanol–water partition coefficient (Wildman–Crippen LogP) is 3.82. The fraction of sp³-hybridized carbons (Fsp3) is 0.375. The molecule has 0 fully saturated rings. The van der Waals surface area contributed by atoms with Gasteiger partial charge in [-0.1, -0.05) is 31.2 Å². The Morgan fingerprint density at radius 2 is 1.95 bits per heavy atom. The molecule has 0 aliphatic heterocycles. The van der Waals surface area contributed by atoms with E-state index in [-0.39, 0.29) is 6.04 Å². The number of rotatable bonds is 7. The molecule has 1 aromatic carbocycles. The van der Waals surface area contributed by atoms with Gasteiger partial charge < -0.3 is 14.5 Å². The van der Waals surface area contributed by atoms with Crippen molar-refractivity contribution < 1.29 is 9.15 Å². The third kappa shape index (κ3) is 3.85. The molecule has 1 unspecified atom stereocenters. The van der Waals surface area contributed by atoms with Crippen molar-refractivity contribution in [2.24, 2.45) is 0 Å². The molecular formula is C16H20ClNO2. The first-order valence-electron chi connectivity index (χ1n) is 6.81. The summed E-state index contributed by atoms with van der Waals surface area (Å²) in [4.78, 5) is 0. The van der Waals surface area contributed by atoms with Crippen LogP contribution in [0.2, 0.25) is 5.22 Å². The molecule has 0 spiro atoms. The topological polar surface area (TPSA) is 34.4 Å². The van der Waals surface area contributed by atoms with Gasteiger partial charge in [0.05, 0.1) is 12.6 Å². The van der Waals surface area contributed by atoms with E-state index < -0.39 is 0 Å². The van der Waals surface area contributed by atoms with Gasteiger partial charge in [0.2, 0.25) is 0 Å². The largest absolute Gasteiger partial charge is 0.448 e. The highest BCUT2D eigenvalue weighted by Crippen LogP contribution is 2.26. The number of hydrogen-bond acceptors (Lipinski definition) is 3. The van der Waals surface area contributed by atoms with Crippen molar-refractivity contribution in [3.8, 4) is 0 Å². The van der Waals surface area contributed by atoms with E-state index >= 15 is 0 Å². The third-order valence-corrected chi connectivity index (χ3v) is 3.40. The number of hydrogen-bond donors (Lipinski definition) is 1. The van der Waals surface area contributed by atoms with Crippen molar-refractivity contribution in [2.45, 2.75) is 19.4 Å². The minimum atomic E-state index is 0.0315. The Morgan fingerprint density at radius 1 is 1.20 bits per heavy atom.